The Hall–Kier alpha value is -1.69. The molecule has 0 fully saturated rings. The van der Waals surface area contributed by atoms with Gasteiger partial charge in [0.05, 0.1) is 18.7 Å². The van der Waals surface area contributed by atoms with Gasteiger partial charge in [0, 0.05) is 5.25 Å². The molecule has 2 aromatic rings. The standard InChI is InChI=1S/C13H16N4OS/c1-8-9(2)19-13-15-14-12(17(13)16-8)10-6-4-5-7-11(10)18-3/h4-9,16H,1-3H3. The number of nitrogens with one attached hydrogen (secondary N) is 1. The van der Waals surface area contributed by atoms with E-state index in [-0.39, 0.29) is 0 Å². The highest BCUT2D eigenvalue weighted by Crippen LogP contribution is 2.34. The van der Waals surface area contributed by atoms with Crippen LogP contribution in [0.3, 0.4) is 0 Å². The van der Waals surface area contributed by atoms with Crippen LogP contribution in [0.15, 0.2) is 29.4 Å². The molecule has 0 amide bonds. The lowest BCUT2D eigenvalue weighted by atomic mass is 10.2. The van der Waals surface area contributed by atoms with Gasteiger partial charge in [0.15, 0.2) is 5.82 Å². The number of benzene rings is 1. The molecule has 6 heteroatoms. The number of nitrogens with zero attached hydrogens (tertiary/aromatic N) is 3. The lowest BCUT2D eigenvalue weighted by Gasteiger charge is -2.28. The van der Waals surface area contributed by atoms with Gasteiger partial charge in [0.2, 0.25) is 5.16 Å². The second-order valence-electron chi connectivity index (χ2n) is 4.58. The maximum atomic E-state index is 5.39. The van der Waals surface area contributed by atoms with Gasteiger partial charge in [-0.2, -0.15) is 0 Å². The van der Waals surface area contributed by atoms with E-state index in [9.17, 15) is 0 Å². The Bertz CT molecular complexity index is 598. The Labute approximate surface area is 116 Å². The Kier molecular flexibility index (Phi) is 3.10. The van der Waals surface area contributed by atoms with E-state index in [1.165, 1.54) is 0 Å². The molecule has 1 aliphatic heterocycles. The van der Waals surface area contributed by atoms with Gasteiger partial charge in [-0.25, -0.2) is 4.68 Å². The van der Waals surface area contributed by atoms with Crippen molar-refractivity contribution < 1.29 is 4.74 Å². The van der Waals surface area contributed by atoms with Crippen LogP contribution in [0, 0.1) is 0 Å². The van der Waals surface area contributed by atoms with Crippen molar-refractivity contribution in [1.29, 1.82) is 0 Å². The molecule has 2 unspecified atom stereocenters. The maximum absolute atomic E-state index is 5.39. The zero-order valence-corrected chi connectivity index (χ0v) is 11.9. The van der Waals surface area contributed by atoms with Gasteiger partial charge < -0.3 is 10.2 Å². The Balaban J connectivity index is 2.08. The Morgan fingerprint density at radius 2 is 2.05 bits per heavy atom. The molecule has 1 aromatic carbocycles. The van der Waals surface area contributed by atoms with Crippen LogP contribution in [-0.4, -0.2) is 33.3 Å². The summed E-state index contributed by atoms with van der Waals surface area (Å²) in [5, 5.41) is 9.92. The minimum absolute atomic E-state index is 0.363. The summed E-state index contributed by atoms with van der Waals surface area (Å²) in [6.45, 7) is 4.34. The molecular weight excluding hydrogens is 260 g/mol. The fourth-order valence-corrected chi connectivity index (χ4v) is 2.97. The smallest absolute Gasteiger partial charge is 0.210 e. The van der Waals surface area contributed by atoms with Crippen molar-refractivity contribution in [2.75, 3.05) is 12.5 Å². The number of fused-ring (bicyclic) bond motifs is 1. The van der Waals surface area contributed by atoms with Crippen LogP contribution in [0.2, 0.25) is 0 Å². The lowest BCUT2D eigenvalue weighted by molar-refractivity contribution is 0.416. The summed E-state index contributed by atoms with van der Waals surface area (Å²) < 4.78 is 7.34. The van der Waals surface area contributed by atoms with Gasteiger partial charge in [-0.3, -0.25) is 0 Å². The molecule has 0 radical (unpaired) electrons. The molecule has 1 aliphatic rings. The number of ether oxygens (including phenoxy) is 1. The molecule has 0 aliphatic carbocycles. The fraction of sp³-hybridized carbons (Fsp3) is 0.385. The van der Waals surface area contributed by atoms with Crippen molar-refractivity contribution in [3.05, 3.63) is 24.3 Å². The average Bonchev–Trinajstić information content (AvgIpc) is 2.82. The first-order valence-corrected chi connectivity index (χ1v) is 7.10. The summed E-state index contributed by atoms with van der Waals surface area (Å²) in [5.41, 5.74) is 4.37. The molecule has 0 bridgehead atoms. The zero-order chi connectivity index (χ0) is 13.4. The molecule has 1 N–H and O–H groups in total. The quantitative estimate of drug-likeness (QED) is 0.912. The van der Waals surface area contributed by atoms with Gasteiger partial charge in [0.1, 0.15) is 5.75 Å². The SMILES string of the molecule is COc1ccccc1-c1nnc2n1NC(C)C(C)S2. The first-order valence-electron chi connectivity index (χ1n) is 6.22. The monoisotopic (exact) mass is 276 g/mol. The highest BCUT2D eigenvalue weighted by molar-refractivity contribution is 7.99. The third kappa shape index (κ3) is 2.06. The number of aromatic nitrogens is 3. The van der Waals surface area contributed by atoms with Crippen LogP contribution < -0.4 is 10.2 Å². The number of para-hydroxylation sites is 1. The van der Waals surface area contributed by atoms with Crippen LogP contribution in [0.4, 0.5) is 0 Å². The predicted octanol–water partition coefficient (Wildman–Crippen LogP) is 2.38. The summed E-state index contributed by atoms with van der Waals surface area (Å²) in [5.74, 6) is 1.59. The topological polar surface area (TPSA) is 52.0 Å². The lowest BCUT2D eigenvalue weighted by Crippen LogP contribution is -2.37. The molecule has 0 saturated heterocycles. The molecule has 19 heavy (non-hydrogen) atoms. The third-order valence-electron chi connectivity index (χ3n) is 3.31. The Morgan fingerprint density at radius 1 is 1.26 bits per heavy atom. The van der Waals surface area contributed by atoms with Gasteiger partial charge in [-0.1, -0.05) is 30.8 Å². The van der Waals surface area contributed by atoms with E-state index in [0.717, 1.165) is 22.3 Å². The van der Waals surface area contributed by atoms with Crippen molar-refractivity contribution >= 4 is 11.8 Å². The summed E-state index contributed by atoms with van der Waals surface area (Å²) in [7, 11) is 1.67. The van der Waals surface area contributed by atoms with E-state index >= 15 is 0 Å². The van der Waals surface area contributed by atoms with E-state index < -0.39 is 0 Å². The highest BCUT2D eigenvalue weighted by atomic mass is 32.2. The van der Waals surface area contributed by atoms with Crippen LogP contribution in [0.1, 0.15) is 13.8 Å². The zero-order valence-electron chi connectivity index (χ0n) is 11.1. The summed E-state index contributed by atoms with van der Waals surface area (Å²) in [6, 6.07) is 8.20. The van der Waals surface area contributed by atoms with Crippen LogP contribution in [0.5, 0.6) is 5.75 Å². The third-order valence-corrected chi connectivity index (χ3v) is 4.56. The van der Waals surface area contributed by atoms with Gasteiger partial charge >= 0.3 is 0 Å². The first-order chi connectivity index (χ1) is 9.20. The average molecular weight is 276 g/mol. The molecule has 0 spiro atoms. The van der Waals surface area contributed by atoms with Crippen molar-refractivity contribution in [1.82, 2.24) is 14.9 Å². The van der Waals surface area contributed by atoms with E-state index in [2.05, 4.69) is 29.5 Å². The van der Waals surface area contributed by atoms with Gasteiger partial charge in [-0.15, -0.1) is 10.2 Å². The largest absolute Gasteiger partial charge is 0.496 e. The number of thioether (sulfide) groups is 1. The number of methoxy groups -OCH3 is 1. The van der Waals surface area contributed by atoms with Crippen molar-refractivity contribution in [2.45, 2.75) is 30.3 Å². The van der Waals surface area contributed by atoms with Crippen LogP contribution in [-0.2, 0) is 0 Å². The number of hydrogen-bond donors (Lipinski definition) is 1. The molecule has 100 valence electrons. The maximum Gasteiger partial charge on any atom is 0.210 e. The van der Waals surface area contributed by atoms with E-state index in [1.807, 2.05) is 28.9 Å². The second-order valence-corrected chi connectivity index (χ2v) is 5.93. The molecule has 5 nitrogen and oxygen atoms in total. The molecule has 2 atom stereocenters. The second kappa shape index (κ2) is 4.77. The number of hydrogen-bond acceptors (Lipinski definition) is 5. The molecule has 0 saturated carbocycles. The molecular formula is C13H16N4OS. The minimum Gasteiger partial charge on any atom is -0.496 e. The summed E-state index contributed by atoms with van der Waals surface area (Å²) in [6.07, 6.45) is 0. The predicted molar refractivity (Wildman–Crippen MR) is 76.2 cm³/mol. The van der Waals surface area contributed by atoms with Crippen LogP contribution in [0.25, 0.3) is 11.4 Å². The first kappa shape index (κ1) is 12.3. The fourth-order valence-electron chi connectivity index (χ4n) is 2.04. The van der Waals surface area contributed by atoms with E-state index in [1.54, 1.807) is 18.9 Å². The minimum atomic E-state index is 0.363. The molecule has 3 rings (SSSR count). The van der Waals surface area contributed by atoms with Gasteiger partial charge in [0.25, 0.3) is 0 Å². The highest BCUT2D eigenvalue weighted by Gasteiger charge is 2.27. The Morgan fingerprint density at radius 3 is 2.84 bits per heavy atom. The normalized spacial score (nSPS) is 21.6. The van der Waals surface area contributed by atoms with E-state index in [0.29, 0.717) is 11.3 Å². The van der Waals surface area contributed by atoms with E-state index in [4.69, 9.17) is 4.74 Å². The molecule has 2 heterocycles. The van der Waals surface area contributed by atoms with Crippen LogP contribution >= 0.6 is 11.8 Å². The van der Waals surface area contributed by atoms with Gasteiger partial charge in [-0.05, 0) is 19.1 Å². The van der Waals surface area contributed by atoms with Crippen molar-refractivity contribution in [3.63, 3.8) is 0 Å². The molecule has 1 aromatic heterocycles. The summed E-state index contributed by atoms with van der Waals surface area (Å²) >= 11 is 1.73. The number of rotatable bonds is 2. The van der Waals surface area contributed by atoms with Crippen molar-refractivity contribution in [3.8, 4) is 17.1 Å². The van der Waals surface area contributed by atoms with Crippen molar-refractivity contribution in [2.24, 2.45) is 0 Å². The summed E-state index contributed by atoms with van der Waals surface area (Å²) in [4.78, 5) is 0.